The highest BCUT2D eigenvalue weighted by Crippen LogP contribution is 2.33. The van der Waals surface area contributed by atoms with Crippen LogP contribution in [0, 0.1) is 13.8 Å². The molecule has 0 N–H and O–H groups in total. The lowest BCUT2D eigenvalue weighted by molar-refractivity contribution is 0.122. The Hall–Kier alpha value is -3.19. The molecule has 1 aliphatic heterocycles. The number of hydrogen-bond donors (Lipinski definition) is 0. The first-order chi connectivity index (χ1) is 17.5. The van der Waals surface area contributed by atoms with Crippen molar-refractivity contribution in [3.05, 3.63) is 58.4 Å². The zero-order chi connectivity index (χ0) is 25.7. The molecule has 0 saturated carbocycles. The van der Waals surface area contributed by atoms with E-state index in [0.717, 1.165) is 66.1 Å². The third-order valence-electron chi connectivity index (χ3n) is 6.76. The minimum Gasteiger partial charge on any atom is -0.490 e. The van der Waals surface area contributed by atoms with Crippen molar-refractivity contribution in [1.82, 2.24) is 15.0 Å². The molecule has 1 saturated heterocycles. The normalized spacial score (nSPS) is 13.7. The molecule has 1 fully saturated rings. The molecule has 0 spiro atoms. The smallest absolute Gasteiger partial charge is 0.171 e. The number of pyridine rings is 1. The maximum atomic E-state index is 5.89. The summed E-state index contributed by atoms with van der Waals surface area (Å²) in [5.41, 5.74) is 6.82. The first kappa shape index (κ1) is 25.9. The Morgan fingerprint density at radius 2 is 1.64 bits per heavy atom. The Kier molecular flexibility index (Phi) is 8.41. The number of rotatable bonds is 9. The van der Waals surface area contributed by atoms with E-state index < -0.39 is 0 Å². The third kappa shape index (κ3) is 5.46. The van der Waals surface area contributed by atoms with Crippen molar-refractivity contribution in [2.75, 3.05) is 49.8 Å². The fourth-order valence-corrected chi connectivity index (χ4v) is 4.83. The lowest BCUT2D eigenvalue weighted by Crippen LogP contribution is -2.38. The van der Waals surface area contributed by atoms with E-state index in [2.05, 4.69) is 55.8 Å². The molecule has 3 aromatic rings. The van der Waals surface area contributed by atoms with Gasteiger partial charge in [-0.2, -0.15) is 0 Å². The summed E-state index contributed by atoms with van der Waals surface area (Å²) in [5.74, 6) is 3.43. The number of anilines is 2. The zero-order valence-electron chi connectivity index (χ0n) is 22.6. The van der Waals surface area contributed by atoms with E-state index in [4.69, 9.17) is 24.4 Å². The third-order valence-corrected chi connectivity index (χ3v) is 6.76. The predicted molar refractivity (Wildman–Crippen MR) is 146 cm³/mol. The van der Waals surface area contributed by atoms with E-state index in [1.807, 2.05) is 26.0 Å². The number of ether oxygens (including phenoxy) is 2. The molecule has 7 nitrogen and oxygen atoms in total. The van der Waals surface area contributed by atoms with Crippen molar-refractivity contribution in [2.24, 2.45) is 0 Å². The molecule has 3 heterocycles. The van der Waals surface area contributed by atoms with Crippen LogP contribution in [-0.4, -0.2) is 54.9 Å². The van der Waals surface area contributed by atoms with Gasteiger partial charge in [-0.3, -0.25) is 0 Å². The van der Waals surface area contributed by atoms with Gasteiger partial charge in [-0.25, -0.2) is 15.0 Å². The Balaban J connectivity index is 1.81. The van der Waals surface area contributed by atoms with Crippen LogP contribution >= 0.6 is 0 Å². The molecule has 2 aromatic heterocycles. The number of nitrogens with zero attached hydrogens (tertiary/aromatic N) is 5. The molecule has 0 amide bonds. The Bertz CT molecular complexity index is 1170. The van der Waals surface area contributed by atoms with Gasteiger partial charge in [0.2, 0.25) is 0 Å². The summed E-state index contributed by atoms with van der Waals surface area (Å²) >= 11 is 0. The van der Waals surface area contributed by atoms with Crippen LogP contribution in [0.5, 0.6) is 5.75 Å². The summed E-state index contributed by atoms with van der Waals surface area (Å²) < 4.78 is 11.6. The Morgan fingerprint density at radius 1 is 0.944 bits per heavy atom. The van der Waals surface area contributed by atoms with Gasteiger partial charge >= 0.3 is 0 Å². The Morgan fingerprint density at radius 3 is 2.28 bits per heavy atom. The van der Waals surface area contributed by atoms with Crippen LogP contribution in [0.15, 0.2) is 30.3 Å². The van der Waals surface area contributed by atoms with Crippen LogP contribution in [0.2, 0.25) is 0 Å². The van der Waals surface area contributed by atoms with Crippen LogP contribution in [0.25, 0.3) is 11.4 Å². The molecule has 0 unspecified atom stereocenters. The number of benzene rings is 1. The fraction of sp³-hybridized carbons (Fsp3) is 0.483. The van der Waals surface area contributed by atoms with Gasteiger partial charge in [-0.1, -0.05) is 32.0 Å². The van der Waals surface area contributed by atoms with Gasteiger partial charge in [0.05, 0.1) is 19.8 Å². The second kappa shape index (κ2) is 11.7. The molecular weight excluding hydrogens is 450 g/mol. The lowest BCUT2D eigenvalue weighted by atomic mass is 9.96. The van der Waals surface area contributed by atoms with Gasteiger partial charge in [-0.15, -0.1) is 0 Å². The summed E-state index contributed by atoms with van der Waals surface area (Å²) in [6, 6.07) is 10.5. The molecule has 7 heteroatoms. The molecule has 4 rings (SSSR count). The zero-order valence-corrected chi connectivity index (χ0v) is 22.6. The van der Waals surface area contributed by atoms with Gasteiger partial charge in [0.1, 0.15) is 5.82 Å². The van der Waals surface area contributed by atoms with Gasteiger partial charge < -0.3 is 19.3 Å². The predicted octanol–water partition coefficient (Wildman–Crippen LogP) is 5.15. The molecule has 1 aliphatic rings. The first-order valence-corrected chi connectivity index (χ1v) is 13.1. The second-order valence-electron chi connectivity index (χ2n) is 9.26. The highest BCUT2D eigenvalue weighted by Gasteiger charge is 2.24. The molecule has 0 atom stereocenters. The first-order valence-electron chi connectivity index (χ1n) is 13.1. The highest BCUT2D eigenvalue weighted by molar-refractivity contribution is 5.68. The standard InChI is InChI=1S/C29H39N5O2/c1-7-22-11-10-12-23(8-2)26(22)27-31-21(5)24(28(32-27)34-15-17-35-18-16-34)19-33(6)29-25(36-9-3)14-13-20(4)30-29/h10-14H,7-9,15-19H2,1-6H3. The quantitative estimate of drug-likeness (QED) is 0.412. The van der Waals surface area contributed by atoms with Crippen molar-refractivity contribution in [3.8, 4) is 17.1 Å². The van der Waals surface area contributed by atoms with Crippen molar-refractivity contribution in [2.45, 2.75) is 54.0 Å². The summed E-state index contributed by atoms with van der Waals surface area (Å²) in [6.07, 6.45) is 1.89. The minimum atomic E-state index is 0.595. The van der Waals surface area contributed by atoms with Gasteiger partial charge in [-0.05, 0) is 56.9 Å². The van der Waals surface area contributed by atoms with Crippen molar-refractivity contribution in [1.29, 1.82) is 0 Å². The van der Waals surface area contributed by atoms with Crippen LogP contribution in [0.1, 0.15) is 48.8 Å². The maximum absolute atomic E-state index is 5.89. The van der Waals surface area contributed by atoms with Crippen LogP contribution in [-0.2, 0) is 24.1 Å². The van der Waals surface area contributed by atoms with Gasteiger partial charge in [0.15, 0.2) is 17.4 Å². The van der Waals surface area contributed by atoms with Crippen LogP contribution in [0.4, 0.5) is 11.6 Å². The summed E-state index contributed by atoms with van der Waals surface area (Å²) in [7, 11) is 2.06. The monoisotopic (exact) mass is 489 g/mol. The van der Waals surface area contributed by atoms with Gasteiger partial charge in [0.25, 0.3) is 0 Å². The average molecular weight is 490 g/mol. The van der Waals surface area contributed by atoms with Crippen LogP contribution in [0.3, 0.4) is 0 Å². The molecule has 0 bridgehead atoms. The number of hydrogen-bond acceptors (Lipinski definition) is 7. The molecule has 192 valence electrons. The lowest BCUT2D eigenvalue weighted by Gasteiger charge is -2.32. The average Bonchev–Trinajstić information content (AvgIpc) is 2.90. The van der Waals surface area contributed by atoms with E-state index in [1.54, 1.807) is 0 Å². The Labute approximate surface area is 215 Å². The van der Waals surface area contributed by atoms with E-state index in [9.17, 15) is 0 Å². The second-order valence-corrected chi connectivity index (χ2v) is 9.26. The number of morpholine rings is 1. The molecule has 0 aliphatic carbocycles. The summed E-state index contributed by atoms with van der Waals surface area (Å²) in [6.45, 7) is 14.8. The van der Waals surface area contributed by atoms with Crippen molar-refractivity contribution >= 4 is 11.6 Å². The highest BCUT2D eigenvalue weighted by atomic mass is 16.5. The maximum Gasteiger partial charge on any atom is 0.171 e. The topological polar surface area (TPSA) is 63.6 Å². The van der Waals surface area contributed by atoms with Gasteiger partial charge in [0, 0.05) is 49.2 Å². The van der Waals surface area contributed by atoms with E-state index in [0.29, 0.717) is 26.4 Å². The molecule has 36 heavy (non-hydrogen) atoms. The number of aryl methyl sites for hydroxylation is 4. The molecular formula is C29H39N5O2. The van der Waals surface area contributed by atoms with E-state index >= 15 is 0 Å². The largest absolute Gasteiger partial charge is 0.490 e. The van der Waals surface area contributed by atoms with E-state index in [-0.39, 0.29) is 0 Å². The molecule has 1 aromatic carbocycles. The summed E-state index contributed by atoms with van der Waals surface area (Å²) in [5, 5.41) is 0. The van der Waals surface area contributed by atoms with E-state index in [1.165, 1.54) is 16.7 Å². The van der Waals surface area contributed by atoms with Crippen molar-refractivity contribution in [3.63, 3.8) is 0 Å². The summed E-state index contributed by atoms with van der Waals surface area (Å²) in [4.78, 5) is 19.6. The van der Waals surface area contributed by atoms with Crippen molar-refractivity contribution < 1.29 is 9.47 Å². The molecule has 0 radical (unpaired) electrons. The fourth-order valence-electron chi connectivity index (χ4n) is 4.83. The number of aromatic nitrogens is 3. The SMILES string of the molecule is CCOc1ccc(C)nc1N(C)Cc1c(C)nc(-c2c(CC)cccc2CC)nc1N1CCOCC1. The van der Waals surface area contributed by atoms with Crippen LogP contribution < -0.4 is 14.5 Å². The minimum absolute atomic E-state index is 0.595.